The quantitative estimate of drug-likeness (QED) is 0.0405. The Bertz CT molecular complexity index is 679. The third-order valence-electron chi connectivity index (χ3n) is 8.14. The molecule has 0 amide bonds. The van der Waals surface area contributed by atoms with E-state index in [1.54, 1.807) is 0 Å². The number of carbonyl (C=O) groups excluding carboxylic acids is 2. The molecule has 0 saturated heterocycles. The van der Waals surface area contributed by atoms with Crippen LogP contribution in [0.1, 0.15) is 194 Å². The van der Waals surface area contributed by atoms with Gasteiger partial charge in [0.1, 0.15) is 0 Å². The fourth-order valence-electron chi connectivity index (χ4n) is 5.47. The molecule has 0 radical (unpaired) electrons. The van der Waals surface area contributed by atoms with Crippen LogP contribution in [0.15, 0.2) is 0 Å². The first kappa shape index (κ1) is 42.2. The van der Waals surface area contributed by atoms with E-state index in [2.05, 4.69) is 13.8 Å². The molecule has 0 heterocycles. The van der Waals surface area contributed by atoms with Gasteiger partial charge in [0, 0.05) is 0 Å². The van der Waals surface area contributed by atoms with Crippen molar-refractivity contribution in [2.45, 2.75) is 205 Å². The Morgan fingerprint density at radius 2 is 0.814 bits per heavy atom. The Hall–Kier alpha value is -0.782. The maximum absolute atomic E-state index is 12.3. The van der Waals surface area contributed by atoms with Crippen LogP contribution in [-0.4, -0.2) is 47.0 Å². The molecule has 0 aromatic rings. The Labute approximate surface area is 268 Å². The Morgan fingerprint density at radius 1 is 0.512 bits per heavy atom. The third-order valence-corrected chi connectivity index (χ3v) is 9.99. The van der Waals surface area contributed by atoms with Crippen molar-refractivity contribution in [2.75, 3.05) is 6.61 Å². The zero-order valence-corrected chi connectivity index (χ0v) is 30.1. The standard InChI is InChI=1S/C35H69AsO7/c1-3-5-7-9-11-13-15-17-19-21-23-25-27-29-34(37)42-32-33(31-36(39,40)41)43-35(38)30-28-26-24-22-20-18-16-14-12-10-8-6-4-2/h33H,3-32H2,1-2H3,(H2,39,40,41). The molecule has 0 aliphatic heterocycles. The van der Waals surface area contributed by atoms with Crippen molar-refractivity contribution < 1.29 is 31.0 Å². The molecular weight excluding hydrogens is 607 g/mol. The van der Waals surface area contributed by atoms with Crippen molar-refractivity contribution in [3.05, 3.63) is 0 Å². The van der Waals surface area contributed by atoms with Gasteiger partial charge in [0.15, 0.2) is 0 Å². The van der Waals surface area contributed by atoms with Crippen LogP contribution in [-0.2, 0) is 22.8 Å². The summed E-state index contributed by atoms with van der Waals surface area (Å²) in [6, 6.07) is 0. The van der Waals surface area contributed by atoms with Gasteiger partial charge in [0.2, 0.25) is 0 Å². The molecule has 0 aromatic carbocycles. The molecule has 8 heteroatoms. The summed E-state index contributed by atoms with van der Waals surface area (Å²) < 4.78 is 41.0. The number of esters is 2. The number of rotatable bonds is 33. The van der Waals surface area contributed by atoms with E-state index in [-0.39, 0.29) is 19.4 Å². The van der Waals surface area contributed by atoms with E-state index in [1.807, 2.05) is 0 Å². The molecular formula is C35H69AsO7. The van der Waals surface area contributed by atoms with Crippen molar-refractivity contribution in [3.8, 4) is 0 Å². The summed E-state index contributed by atoms with van der Waals surface area (Å²) in [6.07, 6.45) is 31.1. The monoisotopic (exact) mass is 676 g/mol. The first-order chi connectivity index (χ1) is 20.8. The van der Waals surface area contributed by atoms with Crippen molar-refractivity contribution in [1.29, 1.82) is 0 Å². The van der Waals surface area contributed by atoms with E-state index >= 15 is 0 Å². The van der Waals surface area contributed by atoms with Gasteiger partial charge < -0.3 is 0 Å². The molecule has 0 aromatic heterocycles. The molecule has 0 aliphatic carbocycles. The van der Waals surface area contributed by atoms with Crippen LogP contribution in [0.2, 0.25) is 5.21 Å². The van der Waals surface area contributed by atoms with E-state index in [0.29, 0.717) is 6.42 Å². The minimum atomic E-state index is -5.06. The molecule has 0 fully saturated rings. The molecule has 0 saturated carbocycles. The fourth-order valence-corrected chi connectivity index (χ4v) is 6.96. The number of carbonyl (C=O) groups is 2. The van der Waals surface area contributed by atoms with Crippen molar-refractivity contribution in [3.63, 3.8) is 0 Å². The first-order valence-corrected chi connectivity index (χ1v) is 21.9. The van der Waals surface area contributed by atoms with Crippen LogP contribution in [0.4, 0.5) is 0 Å². The summed E-state index contributed by atoms with van der Waals surface area (Å²) in [5.74, 6) is -0.886. The van der Waals surface area contributed by atoms with Crippen LogP contribution in [0.25, 0.3) is 0 Å². The summed E-state index contributed by atoms with van der Waals surface area (Å²) in [7, 11) is 0. The molecule has 0 rings (SSSR count). The Kier molecular flexibility index (Phi) is 30.6. The van der Waals surface area contributed by atoms with Crippen LogP contribution in [0.3, 0.4) is 0 Å². The van der Waals surface area contributed by atoms with Crippen LogP contribution < -0.4 is 0 Å². The minimum absolute atomic E-state index is 0.217. The normalized spacial score (nSPS) is 12.4. The van der Waals surface area contributed by atoms with Crippen LogP contribution in [0, 0.1) is 0 Å². The van der Waals surface area contributed by atoms with E-state index in [1.165, 1.54) is 128 Å². The molecule has 1 unspecified atom stereocenters. The van der Waals surface area contributed by atoms with Gasteiger partial charge in [-0.25, -0.2) is 0 Å². The van der Waals surface area contributed by atoms with Crippen molar-refractivity contribution >= 4 is 26.1 Å². The summed E-state index contributed by atoms with van der Waals surface area (Å²) in [5, 5.41) is -0.575. The molecule has 0 bridgehead atoms. The van der Waals surface area contributed by atoms with Gasteiger partial charge in [-0.1, -0.05) is 97.3 Å². The summed E-state index contributed by atoms with van der Waals surface area (Å²) >= 11 is -5.06. The number of hydrogen-bond donors (Lipinski definition) is 2. The molecule has 7 nitrogen and oxygen atoms in total. The van der Waals surface area contributed by atoms with Gasteiger partial charge in [0.05, 0.1) is 0 Å². The van der Waals surface area contributed by atoms with Crippen molar-refractivity contribution in [1.82, 2.24) is 0 Å². The smallest absolute Gasteiger partial charge is 0.0654 e. The maximum atomic E-state index is 12.3. The molecule has 256 valence electrons. The first-order valence-electron chi connectivity index (χ1n) is 18.2. The number of hydrogen-bond acceptors (Lipinski definition) is 5. The van der Waals surface area contributed by atoms with Gasteiger partial charge in [0.25, 0.3) is 0 Å². The topological polar surface area (TPSA) is 110 Å². The van der Waals surface area contributed by atoms with Gasteiger partial charge in [-0.2, -0.15) is 0 Å². The zero-order valence-electron chi connectivity index (χ0n) is 28.2. The van der Waals surface area contributed by atoms with E-state index in [0.717, 1.165) is 32.1 Å². The zero-order chi connectivity index (χ0) is 31.9. The van der Waals surface area contributed by atoms with Crippen LogP contribution >= 0.6 is 0 Å². The van der Waals surface area contributed by atoms with Gasteiger partial charge in [-0.3, -0.25) is 0 Å². The average Bonchev–Trinajstić information content (AvgIpc) is 2.96. The molecule has 43 heavy (non-hydrogen) atoms. The second kappa shape index (κ2) is 31.2. The molecule has 1 atom stereocenters. The number of ether oxygens (including phenoxy) is 2. The molecule has 0 spiro atoms. The van der Waals surface area contributed by atoms with E-state index in [4.69, 9.17) is 9.47 Å². The van der Waals surface area contributed by atoms with Gasteiger partial charge in [-0.15, -0.1) is 0 Å². The fraction of sp³-hybridized carbons (Fsp3) is 0.943. The second-order valence-corrected chi connectivity index (χ2v) is 16.2. The number of unbranched alkanes of at least 4 members (excludes halogenated alkanes) is 24. The molecule has 2 N–H and O–H groups in total. The van der Waals surface area contributed by atoms with Crippen molar-refractivity contribution in [2.24, 2.45) is 0 Å². The van der Waals surface area contributed by atoms with Gasteiger partial charge >= 0.3 is 171 Å². The SMILES string of the molecule is CCCCCCCCCCCCCCCC(=O)OCC(C[As](=O)(O)O)OC(=O)CCCCCCCCCCCCCCC. The van der Waals surface area contributed by atoms with E-state index in [9.17, 15) is 21.5 Å². The average molecular weight is 677 g/mol. The van der Waals surface area contributed by atoms with E-state index < -0.39 is 37.4 Å². The molecule has 0 aliphatic rings. The second-order valence-electron chi connectivity index (χ2n) is 12.6. The third kappa shape index (κ3) is 33.9. The van der Waals surface area contributed by atoms with Gasteiger partial charge in [-0.05, 0) is 0 Å². The summed E-state index contributed by atoms with van der Waals surface area (Å²) in [6.45, 7) is 4.19. The van der Waals surface area contributed by atoms with Crippen LogP contribution in [0.5, 0.6) is 0 Å². The Balaban J connectivity index is 3.87. The minimum Gasteiger partial charge on any atom is -0.0654 e. The summed E-state index contributed by atoms with van der Waals surface area (Å²) in [5.41, 5.74) is 0. The predicted octanol–water partition coefficient (Wildman–Crippen LogP) is 9.76. The predicted molar refractivity (Wildman–Crippen MR) is 177 cm³/mol. The Morgan fingerprint density at radius 3 is 1.14 bits per heavy atom. The summed E-state index contributed by atoms with van der Waals surface area (Å²) in [4.78, 5) is 24.4.